The third-order valence-electron chi connectivity index (χ3n) is 4.42. The molecule has 0 saturated heterocycles. The van der Waals surface area contributed by atoms with E-state index in [-0.39, 0.29) is 0 Å². The Balaban J connectivity index is 2.12. The van der Waals surface area contributed by atoms with Gasteiger partial charge in [-0.1, -0.05) is 38.1 Å². The van der Waals surface area contributed by atoms with Crippen LogP contribution in [0.25, 0.3) is 0 Å². The van der Waals surface area contributed by atoms with Crippen LogP contribution in [0.3, 0.4) is 0 Å². The normalized spacial score (nSPS) is 18.6. The Morgan fingerprint density at radius 2 is 1.84 bits per heavy atom. The van der Waals surface area contributed by atoms with Crippen LogP contribution in [-0.2, 0) is 6.42 Å². The van der Waals surface area contributed by atoms with Crippen molar-refractivity contribution in [2.24, 2.45) is 0 Å². The molecule has 1 aromatic carbocycles. The summed E-state index contributed by atoms with van der Waals surface area (Å²) < 4.78 is 0. The molecule has 0 aromatic heterocycles. The van der Waals surface area contributed by atoms with Gasteiger partial charge in [-0.2, -0.15) is 0 Å². The zero-order valence-electron chi connectivity index (χ0n) is 12.8. The van der Waals surface area contributed by atoms with Gasteiger partial charge in [0.1, 0.15) is 0 Å². The summed E-state index contributed by atoms with van der Waals surface area (Å²) in [5, 5.41) is 3.66. The van der Waals surface area contributed by atoms with Crippen LogP contribution in [0, 0.1) is 0 Å². The van der Waals surface area contributed by atoms with Crippen LogP contribution >= 0.6 is 0 Å². The quantitative estimate of drug-likeness (QED) is 0.808. The molecular weight excluding hydrogens is 232 g/mol. The van der Waals surface area contributed by atoms with Crippen molar-refractivity contribution in [3.63, 3.8) is 0 Å². The van der Waals surface area contributed by atoms with Gasteiger partial charge in [0.25, 0.3) is 0 Å². The maximum Gasteiger partial charge on any atom is 0.0475 e. The summed E-state index contributed by atoms with van der Waals surface area (Å²) in [4.78, 5) is 2.54. The molecule has 0 radical (unpaired) electrons. The van der Waals surface area contributed by atoms with Gasteiger partial charge in [0.15, 0.2) is 0 Å². The molecule has 1 aromatic rings. The predicted octanol–water partition coefficient (Wildman–Crippen LogP) is 3.38. The molecule has 0 aliphatic heterocycles. The monoisotopic (exact) mass is 260 g/mol. The van der Waals surface area contributed by atoms with Gasteiger partial charge in [0.05, 0.1) is 0 Å². The van der Waals surface area contributed by atoms with E-state index < -0.39 is 0 Å². The van der Waals surface area contributed by atoms with Gasteiger partial charge < -0.3 is 5.32 Å². The van der Waals surface area contributed by atoms with Crippen LogP contribution in [0.2, 0.25) is 0 Å². The van der Waals surface area contributed by atoms with Gasteiger partial charge in [-0.15, -0.1) is 0 Å². The van der Waals surface area contributed by atoms with Crippen LogP contribution < -0.4 is 5.32 Å². The van der Waals surface area contributed by atoms with Gasteiger partial charge in [-0.25, -0.2) is 0 Å². The first kappa shape index (κ1) is 14.5. The van der Waals surface area contributed by atoms with E-state index in [1.54, 1.807) is 0 Å². The number of nitrogens with zero attached hydrogens (tertiary/aromatic N) is 1. The van der Waals surface area contributed by atoms with Crippen molar-refractivity contribution >= 4 is 0 Å². The molecule has 2 heteroatoms. The third kappa shape index (κ3) is 3.58. The lowest BCUT2D eigenvalue weighted by atomic mass is 9.97. The van der Waals surface area contributed by atoms with Crippen molar-refractivity contribution in [1.82, 2.24) is 10.2 Å². The fraction of sp³-hybridized carbons (Fsp3) is 0.647. The number of hydrogen-bond acceptors (Lipinski definition) is 2. The van der Waals surface area contributed by atoms with Crippen molar-refractivity contribution < 1.29 is 0 Å². The topological polar surface area (TPSA) is 15.3 Å². The average molecular weight is 260 g/mol. The zero-order chi connectivity index (χ0) is 13.8. The Bertz CT molecular complexity index is 381. The number of aryl methyl sites for hydroxylation is 1. The SMILES string of the molecule is CCNC(c1ccc(CC)cc1)C(C)N(C)C1CC1. The summed E-state index contributed by atoms with van der Waals surface area (Å²) in [7, 11) is 2.27. The average Bonchev–Trinajstić information content (AvgIpc) is 3.28. The Morgan fingerprint density at radius 3 is 2.32 bits per heavy atom. The van der Waals surface area contributed by atoms with Gasteiger partial charge in [-0.3, -0.25) is 4.90 Å². The lowest BCUT2D eigenvalue weighted by Crippen LogP contribution is -2.42. The first-order valence-electron chi connectivity index (χ1n) is 7.71. The molecule has 106 valence electrons. The molecule has 1 fully saturated rings. The van der Waals surface area contributed by atoms with Crippen LogP contribution in [-0.4, -0.2) is 30.6 Å². The lowest BCUT2D eigenvalue weighted by Gasteiger charge is -2.33. The van der Waals surface area contributed by atoms with Crippen LogP contribution in [0.5, 0.6) is 0 Å². The minimum absolute atomic E-state index is 0.432. The molecule has 0 heterocycles. The standard InChI is InChI=1S/C17H28N2/c1-5-14-7-9-15(10-8-14)17(18-6-2)13(3)19(4)16-11-12-16/h7-10,13,16-18H,5-6,11-12H2,1-4H3. The Labute approximate surface area is 118 Å². The number of rotatable bonds is 7. The minimum Gasteiger partial charge on any atom is -0.309 e. The van der Waals surface area contributed by atoms with Gasteiger partial charge in [0.2, 0.25) is 0 Å². The Kier molecular flexibility index (Phi) is 5.00. The molecule has 2 rings (SSSR count). The molecule has 1 aliphatic carbocycles. The number of likely N-dealkylation sites (N-methyl/N-ethyl adjacent to an activating group) is 2. The molecular formula is C17H28N2. The van der Waals surface area contributed by atoms with Crippen LogP contribution in [0.1, 0.15) is 50.8 Å². The second-order valence-electron chi connectivity index (χ2n) is 5.77. The van der Waals surface area contributed by atoms with Gasteiger partial charge >= 0.3 is 0 Å². The highest BCUT2D eigenvalue weighted by Crippen LogP contribution is 2.31. The second-order valence-corrected chi connectivity index (χ2v) is 5.77. The molecule has 1 aliphatic rings. The highest BCUT2D eigenvalue weighted by molar-refractivity contribution is 5.26. The van der Waals surface area contributed by atoms with E-state index in [2.05, 4.69) is 62.3 Å². The smallest absolute Gasteiger partial charge is 0.0475 e. The highest BCUT2D eigenvalue weighted by atomic mass is 15.2. The van der Waals surface area contributed by atoms with Gasteiger partial charge in [-0.05, 0) is 50.9 Å². The van der Waals surface area contributed by atoms with E-state index in [0.717, 1.165) is 19.0 Å². The molecule has 2 nitrogen and oxygen atoms in total. The van der Waals surface area contributed by atoms with E-state index in [1.165, 1.54) is 24.0 Å². The molecule has 0 spiro atoms. The maximum atomic E-state index is 3.66. The number of benzene rings is 1. The minimum atomic E-state index is 0.432. The lowest BCUT2D eigenvalue weighted by molar-refractivity contribution is 0.199. The zero-order valence-corrected chi connectivity index (χ0v) is 12.8. The Hall–Kier alpha value is -0.860. The molecule has 19 heavy (non-hydrogen) atoms. The molecule has 0 bridgehead atoms. The molecule has 1 N–H and O–H groups in total. The molecule has 2 unspecified atom stereocenters. The summed E-state index contributed by atoms with van der Waals surface area (Å²) in [5.41, 5.74) is 2.83. The number of hydrogen-bond donors (Lipinski definition) is 1. The summed E-state index contributed by atoms with van der Waals surface area (Å²) in [6.45, 7) is 7.76. The fourth-order valence-corrected chi connectivity index (χ4v) is 2.80. The molecule has 2 atom stereocenters. The maximum absolute atomic E-state index is 3.66. The third-order valence-corrected chi connectivity index (χ3v) is 4.42. The number of nitrogens with one attached hydrogen (secondary N) is 1. The van der Waals surface area contributed by atoms with E-state index >= 15 is 0 Å². The second kappa shape index (κ2) is 6.53. The predicted molar refractivity (Wildman–Crippen MR) is 82.5 cm³/mol. The summed E-state index contributed by atoms with van der Waals surface area (Å²) in [5.74, 6) is 0. The van der Waals surface area contributed by atoms with Crippen LogP contribution in [0.15, 0.2) is 24.3 Å². The van der Waals surface area contributed by atoms with E-state index in [9.17, 15) is 0 Å². The van der Waals surface area contributed by atoms with Gasteiger partial charge in [0, 0.05) is 18.1 Å². The largest absolute Gasteiger partial charge is 0.309 e. The van der Waals surface area contributed by atoms with Crippen molar-refractivity contribution in [2.75, 3.05) is 13.6 Å². The summed E-state index contributed by atoms with van der Waals surface area (Å²) >= 11 is 0. The van der Waals surface area contributed by atoms with Crippen molar-refractivity contribution in [3.8, 4) is 0 Å². The molecule has 1 saturated carbocycles. The van der Waals surface area contributed by atoms with E-state index in [0.29, 0.717) is 12.1 Å². The Morgan fingerprint density at radius 1 is 1.21 bits per heavy atom. The van der Waals surface area contributed by atoms with E-state index in [4.69, 9.17) is 0 Å². The van der Waals surface area contributed by atoms with Crippen molar-refractivity contribution in [2.45, 2.75) is 58.2 Å². The fourth-order valence-electron chi connectivity index (χ4n) is 2.80. The highest BCUT2D eigenvalue weighted by Gasteiger charge is 2.32. The summed E-state index contributed by atoms with van der Waals surface area (Å²) in [6, 6.07) is 10.9. The summed E-state index contributed by atoms with van der Waals surface area (Å²) in [6.07, 6.45) is 3.85. The first-order valence-corrected chi connectivity index (χ1v) is 7.71. The van der Waals surface area contributed by atoms with E-state index in [1.807, 2.05) is 0 Å². The first-order chi connectivity index (χ1) is 9.17. The van der Waals surface area contributed by atoms with Crippen LogP contribution in [0.4, 0.5) is 0 Å². The molecule has 0 amide bonds. The van der Waals surface area contributed by atoms with Crippen molar-refractivity contribution in [1.29, 1.82) is 0 Å². The van der Waals surface area contributed by atoms with Crippen molar-refractivity contribution in [3.05, 3.63) is 35.4 Å².